The molecule has 0 spiro atoms. The van der Waals surface area contributed by atoms with Crippen molar-refractivity contribution in [3.05, 3.63) is 46.9 Å². The highest BCUT2D eigenvalue weighted by molar-refractivity contribution is 7.17. The first-order valence-corrected chi connectivity index (χ1v) is 9.86. The molecule has 2 aromatic heterocycles. The Hall–Kier alpha value is -2.21. The summed E-state index contributed by atoms with van der Waals surface area (Å²) in [5.74, 6) is 2.64. The lowest BCUT2D eigenvalue weighted by Crippen LogP contribution is -2.39. The summed E-state index contributed by atoms with van der Waals surface area (Å²) in [6.45, 7) is 2.60. The number of aryl methyl sites for hydroxylation is 1. The minimum absolute atomic E-state index is 0.138. The normalized spacial score (nSPS) is 20.2. The number of piperidine rings is 1. The second kappa shape index (κ2) is 5.95. The molecule has 1 saturated heterocycles. The summed E-state index contributed by atoms with van der Waals surface area (Å²) in [4.78, 5) is 15.0. The molecule has 0 N–H and O–H groups in total. The Labute approximate surface area is 150 Å². The third-order valence-corrected chi connectivity index (χ3v) is 6.31. The van der Waals surface area contributed by atoms with Gasteiger partial charge in [-0.1, -0.05) is 0 Å². The second-order valence-corrected chi connectivity index (χ2v) is 7.94. The minimum atomic E-state index is 0.138. The quantitative estimate of drug-likeness (QED) is 0.710. The Balaban J connectivity index is 1.39. The van der Waals surface area contributed by atoms with Crippen molar-refractivity contribution >= 4 is 27.3 Å². The molecular formula is C19H20N4OS. The molecule has 6 heteroatoms. The largest absolute Gasteiger partial charge is 0.338 e. The number of fused-ring (bicyclic) bond motifs is 2. The van der Waals surface area contributed by atoms with Crippen LogP contribution in [0.15, 0.2) is 29.6 Å². The van der Waals surface area contributed by atoms with Crippen LogP contribution >= 0.6 is 11.3 Å². The molecule has 1 aromatic carbocycles. The number of hydrogen-bond acceptors (Lipinski definition) is 4. The van der Waals surface area contributed by atoms with Gasteiger partial charge >= 0.3 is 0 Å². The lowest BCUT2D eigenvalue weighted by atomic mass is 9.96. The van der Waals surface area contributed by atoms with E-state index in [1.54, 1.807) is 11.3 Å². The number of carbonyl (C=O) groups is 1. The number of amides is 1. The van der Waals surface area contributed by atoms with Crippen LogP contribution in [-0.2, 0) is 13.0 Å². The van der Waals surface area contributed by atoms with Crippen LogP contribution in [0.2, 0.25) is 0 Å². The Kier molecular flexibility index (Phi) is 3.59. The van der Waals surface area contributed by atoms with Crippen LogP contribution in [0.5, 0.6) is 0 Å². The zero-order valence-corrected chi connectivity index (χ0v) is 14.8. The van der Waals surface area contributed by atoms with Crippen LogP contribution in [0, 0.1) is 0 Å². The highest BCUT2D eigenvalue weighted by Gasteiger charge is 2.30. The maximum absolute atomic E-state index is 13.0. The minimum Gasteiger partial charge on any atom is -0.338 e. The Bertz CT molecular complexity index is 944. The van der Waals surface area contributed by atoms with Gasteiger partial charge < -0.3 is 9.47 Å². The van der Waals surface area contributed by atoms with Gasteiger partial charge in [0.1, 0.15) is 11.6 Å². The van der Waals surface area contributed by atoms with Crippen LogP contribution in [0.25, 0.3) is 10.1 Å². The van der Waals surface area contributed by atoms with E-state index < -0.39 is 0 Å². The Morgan fingerprint density at radius 3 is 3.08 bits per heavy atom. The fourth-order valence-electron chi connectivity index (χ4n) is 4.13. The average Bonchev–Trinajstić information content (AvgIpc) is 3.36. The molecule has 3 aromatic rings. The van der Waals surface area contributed by atoms with Crippen LogP contribution < -0.4 is 0 Å². The maximum Gasteiger partial charge on any atom is 0.253 e. The molecule has 1 unspecified atom stereocenters. The molecule has 0 bridgehead atoms. The Morgan fingerprint density at radius 2 is 2.12 bits per heavy atom. The first-order valence-electron chi connectivity index (χ1n) is 8.98. The van der Waals surface area contributed by atoms with Gasteiger partial charge in [0.15, 0.2) is 0 Å². The first-order chi connectivity index (χ1) is 12.3. The van der Waals surface area contributed by atoms with Gasteiger partial charge in [0.25, 0.3) is 5.91 Å². The molecule has 2 aliphatic rings. The van der Waals surface area contributed by atoms with E-state index in [2.05, 4.69) is 32.3 Å². The van der Waals surface area contributed by atoms with Gasteiger partial charge in [-0.25, -0.2) is 0 Å². The summed E-state index contributed by atoms with van der Waals surface area (Å²) >= 11 is 1.71. The van der Waals surface area contributed by atoms with E-state index in [0.717, 1.165) is 67.9 Å². The number of nitrogens with zero attached hydrogens (tertiary/aromatic N) is 4. The van der Waals surface area contributed by atoms with Gasteiger partial charge in [0.2, 0.25) is 0 Å². The van der Waals surface area contributed by atoms with Crippen molar-refractivity contribution in [1.29, 1.82) is 0 Å². The van der Waals surface area contributed by atoms with E-state index in [4.69, 9.17) is 0 Å². The molecule has 0 radical (unpaired) electrons. The van der Waals surface area contributed by atoms with E-state index in [1.807, 2.05) is 17.0 Å². The van der Waals surface area contributed by atoms with Crippen molar-refractivity contribution in [1.82, 2.24) is 19.7 Å². The Morgan fingerprint density at radius 1 is 1.16 bits per heavy atom. The average molecular weight is 352 g/mol. The predicted octanol–water partition coefficient (Wildman–Crippen LogP) is 3.46. The number of carbonyl (C=O) groups excluding carboxylic acids is 1. The number of rotatable bonds is 2. The highest BCUT2D eigenvalue weighted by atomic mass is 32.1. The molecule has 1 atom stereocenters. The molecule has 0 saturated carbocycles. The summed E-state index contributed by atoms with van der Waals surface area (Å²) in [7, 11) is 0. The zero-order valence-electron chi connectivity index (χ0n) is 14.0. The number of aromatic nitrogens is 3. The van der Waals surface area contributed by atoms with E-state index in [9.17, 15) is 4.79 Å². The molecule has 0 aliphatic carbocycles. The SMILES string of the molecule is O=C(c1ccc2sccc2c1)N1CCCC(c2nnc3n2CCC3)C1. The first kappa shape index (κ1) is 15.1. The van der Waals surface area contributed by atoms with E-state index in [0.29, 0.717) is 5.92 Å². The third-order valence-electron chi connectivity index (χ3n) is 5.41. The molecule has 1 fully saturated rings. The molecule has 5 nitrogen and oxygen atoms in total. The number of thiophene rings is 1. The maximum atomic E-state index is 13.0. The van der Waals surface area contributed by atoms with Crippen molar-refractivity contribution in [2.75, 3.05) is 13.1 Å². The highest BCUT2D eigenvalue weighted by Crippen LogP contribution is 2.30. The van der Waals surface area contributed by atoms with Crippen LogP contribution in [0.1, 0.15) is 47.2 Å². The van der Waals surface area contributed by atoms with Gasteiger partial charge in [-0.15, -0.1) is 21.5 Å². The van der Waals surface area contributed by atoms with Crippen LogP contribution in [0.3, 0.4) is 0 Å². The van der Waals surface area contributed by atoms with Gasteiger partial charge in [0, 0.05) is 42.2 Å². The van der Waals surface area contributed by atoms with Gasteiger partial charge in [-0.3, -0.25) is 4.79 Å². The zero-order chi connectivity index (χ0) is 16.8. The topological polar surface area (TPSA) is 51.0 Å². The molecule has 2 aliphatic heterocycles. The van der Waals surface area contributed by atoms with Gasteiger partial charge in [0.05, 0.1) is 0 Å². The molecule has 4 heterocycles. The summed E-state index contributed by atoms with van der Waals surface area (Å²) in [6.07, 6.45) is 4.31. The second-order valence-electron chi connectivity index (χ2n) is 6.99. The van der Waals surface area contributed by atoms with Crippen molar-refractivity contribution in [3.63, 3.8) is 0 Å². The summed E-state index contributed by atoms with van der Waals surface area (Å²) in [6, 6.07) is 8.11. The molecule has 25 heavy (non-hydrogen) atoms. The molecule has 128 valence electrons. The van der Waals surface area contributed by atoms with Crippen molar-refractivity contribution in [3.8, 4) is 0 Å². The monoisotopic (exact) mass is 352 g/mol. The van der Waals surface area contributed by atoms with Crippen LogP contribution in [0.4, 0.5) is 0 Å². The van der Waals surface area contributed by atoms with Crippen molar-refractivity contribution in [2.45, 2.75) is 38.1 Å². The number of benzene rings is 1. The number of hydrogen-bond donors (Lipinski definition) is 0. The van der Waals surface area contributed by atoms with Crippen LogP contribution in [-0.4, -0.2) is 38.7 Å². The third kappa shape index (κ3) is 2.56. The molecule has 5 rings (SSSR count). The smallest absolute Gasteiger partial charge is 0.253 e. The van der Waals surface area contributed by atoms with Crippen molar-refractivity contribution in [2.24, 2.45) is 0 Å². The molecule has 1 amide bonds. The fourth-order valence-corrected chi connectivity index (χ4v) is 4.90. The lowest BCUT2D eigenvalue weighted by molar-refractivity contribution is 0.0703. The number of likely N-dealkylation sites (tertiary alicyclic amines) is 1. The summed E-state index contributed by atoms with van der Waals surface area (Å²) < 4.78 is 3.50. The van der Waals surface area contributed by atoms with Gasteiger partial charge in [-0.2, -0.15) is 0 Å². The molecular weight excluding hydrogens is 332 g/mol. The standard InChI is InChI=1S/C19H20N4OS/c24-19(14-5-6-16-13(11-14)7-10-25-16)22-8-1-3-15(12-22)18-21-20-17-4-2-9-23(17)18/h5-7,10-11,15H,1-4,8-9,12H2. The van der Waals surface area contributed by atoms with Gasteiger partial charge in [-0.05, 0) is 54.3 Å². The van der Waals surface area contributed by atoms with E-state index in [1.165, 1.54) is 4.70 Å². The fraction of sp³-hybridized carbons (Fsp3) is 0.421. The lowest BCUT2D eigenvalue weighted by Gasteiger charge is -2.32. The summed E-state index contributed by atoms with van der Waals surface area (Å²) in [5.41, 5.74) is 0.790. The van der Waals surface area contributed by atoms with Crippen molar-refractivity contribution < 1.29 is 4.79 Å². The predicted molar refractivity (Wildman–Crippen MR) is 98.0 cm³/mol. The van der Waals surface area contributed by atoms with E-state index >= 15 is 0 Å². The summed E-state index contributed by atoms with van der Waals surface area (Å²) in [5, 5.41) is 12.0. The van der Waals surface area contributed by atoms with E-state index in [-0.39, 0.29) is 5.91 Å².